The van der Waals surface area contributed by atoms with E-state index in [2.05, 4.69) is 36.6 Å². The van der Waals surface area contributed by atoms with Crippen molar-refractivity contribution in [1.29, 1.82) is 0 Å². The van der Waals surface area contributed by atoms with Gasteiger partial charge in [-0.3, -0.25) is 0 Å². The van der Waals surface area contributed by atoms with Gasteiger partial charge in [0, 0.05) is 10.0 Å². The molecular formula is C10H7Br2F2NO3. The molecule has 0 radical (unpaired) electrons. The van der Waals surface area contributed by atoms with Crippen LogP contribution in [0.5, 0.6) is 5.75 Å². The standard InChI is InChI=1S/C10H7Br2F2NO3/c11-4-1-5(7(16)6(12)2-4)8-10(13,14)3-18-9(17)15-8/h1-2,8,16H,3H2,(H,15,17)/t8-/m1/s1. The van der Waals surface area contributed by atoms with Crippen molar-refractivity contribution in [1.82, 2.24) is 5.32 Å². The molecule has 1 aromatic rings. The minimum atomic E-state index is -3.30. The molecule has 1 heterocycles. The Hall–Kier alpha value is -0.890. The van der Waals surface area contributed by atoms with Crippen molar-refractivity contribution in [3.8, 4) is 5.75 Å². The minimum absolute atomic E-state index is 0.0853. The van der Waals surface area contributed by atoms with E-state index in [-0.39, 0.29) is 15.8 Å². The predicted molar refractivity (Wildman–Crippen MR) is 65.7 cm³/mol. The Morgan fingerprint density at radius 3 is 2.78 bits per heavy atom. The number of phenolic OH excluding ortho intramolecular Hbond substituents is 1. The average molecular weight is 387 g/mol. The van der Waals surface area contributed by atoms with Gasteiger partial charge in [0.05, 0.1) is 4.47 Å². The summed E-state index contributed by atoms with van der Waals surface area (Å²) < 4.78 is 32.4. The number of aromatic hydroxyl groups is 1. The van der Waals surface area contributed by atoms with Crippen LogP contribution in [-0.2, 0) is 4.74 Å². The van der Waals surface area contributed by atoms with Gasteiger partial charge in [0.1, 0.15) is 11.8 Å². The molecule has 2 N–H and O–H groups in total. The molecule has 1 aliphatic heterocycles. The quantitative estimate of drug-likeness (QED) is 0.778. The fraction of sp³-hybridized carbons (Fsp3) is 0.300. The molecule has 0 aliphatic carbocycles. The van der Waals surface area contributed by atoms with Crippen LogP contribution in [0.1, 0.15) is 11.6 Å². The van der Waals surface area contributed by atoms with E-state index in [9.17, 15) is 18.7 Å². The third-order valence-corrected chi connectivity index (χ3v) is 3.51. The summed E-state index contributed by atoms with van der Waals surface area (Å²) in [4.78, 5) is 11.0. The van der Waals surface area contributed by atoms with Gasteiger partial charge in [0.2, 0.25) is 0 Å². The number of phenols is 1. The predicted octanol–water partition coefficient (Wildman–Crippen LogP) is 3.33. The van der Waals surface area contributed by atoms with Crippen molar-refractivity contribution in [2.45, 2.75) is 12.0 Å². The zero-order valence-electron chi connectivity index (χ0n) is 8.71. The number of ether oxygens (including phenoxy) is 1. The molecule has 98 valence electrons. The highest BCUT2D eigenvalue weighted by molar-refractivity contribution is 9.11. The summed E-state index contributed by atoms with van der Waals surface area (Å²) in [5.74, 6) is -3.64. The highest BCUT2D eigenvalue weighted by atomic mass is 79.9. The number of alkyl carbamates (subject to hydrolysis) is 1. The number of halogens is 4. The minimum Gasteiger partial charge on any atom is -0.506 e. The number of cyclic esters (lactones) is 1. The number of amides is 1. The van der Waals surface area contributed by atoms with E-state index < -0.39 is 24.7 Å². The molecule has 1 amide bonds. The van der Waals surface area contributed by atoms with Crippen LogP contribution < -0.4 is 5.32 Å². The number of alkyl halides is 2. The Morgan fingerprint density at radius 1 is 1.44 bits per heavy atom. The van der Waals surface area contributed by atoms with Gasteiger partial charge in [-0.1, -0.05) is 15.9 Å². The molecule has 1 fully saturated rings. The lowest BCUT2D eigenvalue weighted by Crippen LogP contribution is -2.49. The maximum Gasteiger partial charge on any atom is 0.408 e. The second kappa shape index (κ2) is 4.65. The number of rotatable bonds is 1. The number of hydrogen-bond acceptors (Lipinski definition) is 3. The van der Waals surface area contributed by atoms with Crippen LogP contribution in [0, 0.1) is 0 Å². The fourth-order valence-corrected chi connectivity index (χ4v) is 2.88. The lowest BCUT2D eigenvalue weighted by molar-refractivity contribution is -0.104. The Bertz CT molecular complexity index is 510. The molecule has 1 saturated heterocycles. The van der Waals surface area contributed by atoms with E-state index in [0.29, 0.717) is 4.47 Å². The Labute approximate surface area is 118 Å². The molecule has 0 saturated carbocycles. The highest BCUT2D eigenvalue weighted by Crippen LogP contribution is 2.42. The lowest BCUT2D eigenvalue weighted by Gasteiger charge is -2.32. The fourth-order valence-electron chi connectivity index (χ4n) is 1.62. The van der Waals surface area contributed by atoms with Gasteiger partial charge in [-0.25, -0.2) is 13.6 Å². The molecule has 18 heavy (non-hydrogen) atoms. The van der Waals surface area contributed by atoms with E-state index in [4.69, 9.17) is 0 Å². The van der Waals surface area contributed by atoms with Crippen molar-refractivity contribution in [2.24, 2.45) is 0 Å². The van der Waals surface area contributed by atoms with Crippen molar-refractivity contribution in [2.75, 3.05) is 6.61 Å². The van der Waals surface area contributed by atoms with Crippen molar-refractivity contribution in [3.05, 3.63) is 26.6 Å². The third kappa shape index (κ3) is 2.44. The van der Waals surface area contributed by atoms with Crippen LogP contribution in [0.4, 0.5) is 13.6 Å². The first kappa shape index (κ1) is 13.5. The van der Waals surface area contributed by atoms with E-state index in [1.165, 1.54) is 12.1 Å². The van der Waals surface area contributed by atoms with Gasteiger partial charge in [-0.05, 0) is 28.1 Å². The molecule has 1 atom stereocenters. The summed E-state index contributed by atoms with van der Waals surface area (Å²) in [6.45, 7) is -1.02. The maximum atomic E-state index is 13.7. The van der Waals surface area contributed by atoms with Gasteiger partial charge in [0.25, 0.3) is 0 Å². The normalized spacial score (nSPS) is 22.2. The van der Waals surface area contributed by atoms with E-state index >= 15 is 0 Å². The molecule has 0 aromatic heterocycles. The van der Waals surface area contributed by atoms with Crippen LogP contribution in [0.15, 0.2) is 21.1 Å². The first-order chi connectivity index (χ1) is 8.31. The summed E-state index contributed by atoms with van der Waals surface area (Å²) in [5, 5.41) is 11.8. The molecular weight excluding hydrogens is 380 g/mol. The topological polar surface area (TPSA) is 58.6 Å². The first-order valence-corrected chi connectivity index (χ1v) is 6.39. The van der Waals surface area contributed by atoms with Crippen LogP contribution >= 0.6 is 31.9 Å². The zero-order valence-corrected chi connectivity index (χ0v) is 11.9. The number of benzene rings is 1. The first-order valence-electron chi connectivity index (χ1n) is 4.80. The summed E-state index contributed by atoms with van der Waals surface area (Å²) in [5.41, 5.74) is -0.0853. The van der Waals surface area contributed by atoms with E-state index in [1.54, 1.807) is 0 Å². The summed E-state index contributed by atoms with van der Waals surface area (Å²) in [6.07, 6.45) is -0.943. The number of nitrogens with one attached hydrogen (secondary N) is 1. The number of carbonyl (C=O) groups is 1. The molecule has 8 heteroatoms. The largest absolute Gasteiger partial charge is 0.506 e. The molecule has 2 rings (SSSR count). The van der Waals surface area contributed by atoms with Crippen molar-refractivity contribution in [3.63, 3.8) is 0 Å². The molecule has 4 nitrogen and oxygen atoms in total. The monoisotopic (exact) mass is 385 g/mol. The maximum absolute atomic E-state index is 13.7. The Balaban J connectivity index is 2.49. The van der Waals surface area contributed by atoms with E-state index in [1.807, 2.05) is 5.32 Å². The van der Waals surface area contributed by atoms with Crippen LogP contribution in [0.3, 0.4) is 0 Å². The number of carbonyl (C=O) groups excluding carboxylic acids is 1. The lowest BCUT2D eigenvalue weighted by atomic mass is 9.99. The second-order valence-corrected chi connectivity index (χ2v) is 5.51. The van der Waals surface area contributed by atoms with E-state index in [0.717, 1.165) is 0 Å². The van der Waals surface area contributed by atoms with Crippen LogP contribution in [0.2, 0.25) is 0 Å². The molecule has 0 bridgehead atoms. The van der Waals surface area contributed by atoms with Crippen LogP contribution in [0.25, 0.3) is 0 Å². The zero-order chi connectivity index (χ0) is 13.5. The highest BCUT2D eigenvalue weighted by Gasteiger charge is 2.48. The molecule has 0 unspecified atom stereocenters. The molecule has 1 aliphatic rings. The Kier molecular flexibility index (Phi) is 3.50. The van der Waals surface area contributed by atoms with Gasteiger partial charge in [-0.2, -0.15) is 0 Å². The van der Waals surface area contributed by atoms with Gasteiger partial charge < -0.3 is 15.2 Å². The van der Waals surface area contributed by atoms with Crippen molar-refractivity contribution >= 4 is 38.0 Å². The number of hydrogen-bond donors (Lipinski definition) is 2. The molecule has 0 spiro atoms. The SMILES string of the molecule is O=C1N[C@H](c2cc(Br)cc(Br)c2O)C(F)(F)CO1. The van der Waals surface area contributed by atoms with Gasteiger partial charge in [0.15, 0.2) is 6.61 Å². The summed E-state index contributed by atoms with van der Waals surface area (Å²) >= 11 is 6.18. The Morgan fingerprint density at radius 2 is 2.11 bits per heavy atom. The smallest absolute Gasteiger partial charge is 0.408 e. The summed E-state index contributed by atoms with van der Waals surface area (Å²) in [7, 11) is 0. The molecule has 1 aromatic carbocycles. The average Bonchev–Trinajstić information content (AvgIpc) is 2.27. The van der Waals surface area contributed by atoms with Crippen LogP contribution in [-0.4, -0.2) is 23.7 Å². The van der Waals surface area contributed by atoms with Gasteiger partial charge >= 0.3 is 12.0 Å². The van der Waals surface area contributed by atoms with Gasteiger partial charge in [-0.15, -0.1) is 0 Å². The second-order valence-electron chi connectivity index (χ2n) is 3.74. The summed E-state index contributed by atoms with van der Waals surface area (Å²) in [6, 6.07) is 1.20. The van der Waals surface area contributed by atoms with Crippen molar-refractivity contribution < 1.29 is 23.4 Å². The third-order valence-electron chi connectivity index (χ3n) is 2.45.